The van der Waals surface area contributed by atoms with Crippen molar-refractivity contribution in [1.29, 1.82) is 0 Å². The number of hydrogen-bond acceptors (Lipinski definition) is 2. The Kier molecular flexibility index (Phi) is 1.91. The zero-order valence-electron chi connectivity index (χ0n) is 7.05. The fourth-order valence-electron chi connectivity index (χ4n) is 1.15. The van der Waals surface area contributed by atoms with Gasteiger partial charge in [-0.05, 0) is 31.3 Å². The Hall–Kier alpha value is -1.53. The predicted molar refractivity (Wildman–Crippen MR) is 51.7 cm³/mol. The molecular weight excluding hydrogens is 182 g/mol. The molecule has 0 aliphatic carbocycles. The molecular formula is C10H7NOS. The minimum absolute atomic E-state index is 0.393. The van der Waals surface area contributed by atoms with E-state index >= 15 is 0 Å². The molecule has 0 aliphatic rings. The van der Waals surface area contributed by atoms with E-state index in [9.17, 15) is 0 Å². The maximum absolute atomic E-state index is 5.31. The molecule has 0 unspecified atom stereocenters. The van der Waals surface area contributed by atoms with Gasteiger partial charge in [-0.25, -0.2) is 0 Å². The SMILES string of the molecule is Cc1[nH]c(=S)oc1-c1c#cccc1. The van der Waals surface area contributed by atoms with E-state index in [2.05, 4.69) is 17.1 Å². The number of H-pyrrole nitrogens is 1. The molecule has 1 N–H and O–H groups in total. The Labute approximate surface area is 81.2 Å². The van der Waals surface area contributed by atoms with Crippen LogP contribution in [-0.4, -0.2) is 4.98 Å². The Bertz CT molecular complexity index is 455. The molecule has 0 amide bonds. The lowest BCUT2D eigenvalue weighted by molar-refractivity contribution is 0.554. The first kappa shape index (κ1) is 8.09. The number of aromatic nitrogens is 1. The molecule has 13 heavy (non-hydrogen) atoms. The van der Waals surface area contributed by atoms with Gasteiger partial charge < -0.3 is 9.40 Å². The zero-order valence-corrected chi connectivity index (χ0v) is 7.87. The van der Waals surface area contributed by atoms with Gasteiger partial charge in [-0.15, -0.1) is 0 Å². The maximum Gasteiger partial charge on any atom is 0.266 e. The van der Waals surface area contributed by atoms with Crippen molar-refractivity contribution in [2.24, 2.45) is 0 Å². The third-order valence-corrected chi connectivity index (χ3v) is 1.90. The zero-order chi connectivity index (χ0) is 9.26. The predicted octanol–water partition coefficient (Wildman–Crippen LogP) is 2.91. The summed E-state index contributed by atoms with van der Waals surface area (Å²) in [7, 11) is 0. The van der Waals surface area contributed by atoms with Gasteiger partial charge >= 0.3 is 0 Å². The van der Waals surface area contributed by atoms with Crippen LogP contribution in [0.25, 0.3) is 11.3 Å². The second kappa shape index (κ2) is 3.08. The van der Waals surface area contributed by atoms with Crippen LogP contribution in [0.5, 0.6) is 0 Å². The molecule has 0 saturated heterocycles. The fraction of sp³-hybridized carbons (Fsp3) is 0.100. The van der Waals surface area contributed by atoms with Crippen molar-refractivity contribution in [3.63, 3.8) is 0 Å². The number of aromatic amines is 1. The fourth-order valence-corrected chi connectivity index (χ4v) is 1.38. The quantitative estimate of drug-likeness (QED) is 0.699. The van der Waals surface area contributed by atoms with Crippen molar-refractivity contribution in [3.8, 4) is 11.3 Å². The van der Waals surface area contributed by atoms with Crippen LogP contribution in [0.4, 0.5) is 0 Å². The average molecular weight is 189 g/mol. The summed E-state index contributed by atoms with van der Waals surface area (Å²) in [5.74, 6) is 0.738. The topological polar surface area (TPSA) is 28.9 Å². The first-order valence-electron chi connectivity index (χ1n) is 3.86. The lowest BCUT2D eigenvalue weighted by Gasteiger charge is -1.91. The van der Waals surface area contributed by atoms with Gasteiger partial charge in [-0.2, -0.15) is 0 Å². The summed E-state index contributed by atoms with van der Waals surface area (Å²) in [6.45, 7) is 1.91. The van der Waals surface area contributed by atoms with Gasteiger partial charge in [0.1, 0.15) is 0 Å². The normalized spacial score (nSPS) is 9.62. The van der Waals surface area contributed by atoms with Crippen molar-refractivity contribution in [3.05, 3.63) is 40.9 Å². The van der Waals surface area contributed by atoms with Gasteiger partial charge in [0, 0.05) is 0 Å². The first-order valence-corrected chi connectivity index (χ1v) is 4.26. The molecule has 0 saturated carbocycles. The second-order valence-electron chi connectivity index (χ2n) is 2.68. The van der Waals surface area contributed by atoms with Gasteiger partial charge in [-0.3, -0.25) is 0 Å². The molecule has 2 nitrogen and oxygen atoms in total. The summed E-state index contributed by atoms with van der Waals surface area (Å²) in [6, 6.07) is 11.4. The van der Waals surface area contributed by atoms with Gasteiger partial charge in [0.25, 0.3) is 4.84 Å². The maximum atomic E-state index is 5.31. The molecule has 0 bridgehead atoms. The van der Waals surface area contributed by atoms with Crippen molar-refractivity contribution in [1.82, 2.24) is 4.98 Å². The minimum atomic E-state index is 0.393. The van der Waals surface area contributed by atoms with Crippen LogP contribution in [-0.2, 0) is 0 Å². The molecule has 2 aromatic rings. The van der Waals surface area contributed by atoms with Crippen molar-refractivity contribution < 1.29 is 4.42 Å². The standard InChI is InChI=1S/C10H7NOS/c1-7-9(12-10(13)11-7)8-5-3-2-4-6-8/h2-3,5H,1H3,(H,11,13). The summed E-state index contributed by atoms with van der Waals surface area (Å²) in [5.41, 5.74) is 1.79. The number of aryl methyl sites for hydroxylation is 1. The number of rotatable bonds is 1. The molecule has 3 heteroatoms. The molecule has 0 spiro atoms. The molecule has 0 aliphatic heterocycles. The van der Waals surface area contributed by atoms with Crippen molar-refractivity contribution in [2.45, 2.75) is 6.92 Å². The van der Waals surface area contributed by atoms with Crippen LogP contribution in [0.15, 0.2) is 22.6 Å². The van der Waals surface area contributed by atoms with E-state index < -0.39 is 0 Å². The summed E-state index contributed by atoms with van der Waals surface area (Å²) < 4.78 is 5.31. The van der Waals surface area contributed by atoms with Crippen LogP contribution in [0, 0.1) is 23.9 Å². The highest BCUT2D eigenvalue weighted by atomic mass is 32.1. The lowest BCUT2D eigenvalue weighted by Crippen LogP contribution is -1.75. The minimum Gasteiger partial charge on any atom is -0.428 e. The van der Waals surface area contributed by atoms with E-state index in [4.69, 9.17) is 16.6 Å². The third kappa shape index (κ3) is 1.49. The second-order valence-corrected chi connectivity index (χ2v) is 3.05. The Morgan fingerprint density at radius 2 is 2.38 bits per heavy atom. The number of nitrogens with one attached hydrogen (secondary N) is 1. The molecule has 1 heterocycles. The van der Waals surface area contributed by atoms with E-state index in [0.717, 1.165) is 17.0 Å². The first-order chi connectivity index (χ1) is 6.27. The van der Waals surface area contributed by atoms with Crippen molar-refractivity contribution in [2.75, 3.05) is 0 Å². The molecule has 1 aromatic carbocycles. The smallest absolute Gasteiger partial charge is 0.266 e. The summed E-state index contributed by atoms with van der Waals surface area (Å²) in [4.78, 5) is 3.31. The van der Waals surface area contributed by atoms with E-state index in [1.165, 1.54) is 0 Å². The highest BCUT2D eigenvalue weighted by Gasteiger charge is 2.05. The molecule has 0 radical (unpaired) electrons. The molecule has 0 fully saturated rings. The van der Waals surface area contributed by atoms with Crippen LogP contribution in [0.1, 0.15) is 5.69 Å². The van der Waals surface area contributed by atoms with E-state index in [0.29, 0.717) is 4.84 Å². The van der Waals surface area contributed by atoms with Crippen LogP contribution in [0.2, 0.25) is 0 Å². The lowest BCUT2D eigenvalue weighted by atomic mass is 10.2. The van der Waals surface area contributed by atoms with Gasteiger partial charge in [0.05, 0.1) is 11.3 Å². The average Bonchev–Trinajstić information content (AvgIpc) is 2.47. The van der Waals surface area contributed by atoms with E-state index in [1.807, 2.05) is 19.1 Å². The van der Waals surface area contributed by atoms with E-state index in [-0.39, 0.29) is 0 Å². The summed E-state index contributed by atoms with van der Waals surface area (Å²) in [6.07, 6.45) is 0. The highest BCUT2D eigenvalue weighted by Crippen LogP contribution is 2.20. The molecule has 1 aromatic heterocycles. The Balaban J connectivity index is 2.59. The van der Waals surface area contributed by atoms with Crippen LogP contribution >= 0.6 is 12.2 Å². The van der Waals surface area contributed by atoms with Crippen LogP contribution < -0.4 is 0 Å². The van der Waals surface area contributed by atoms with E-state index in [1.54, 1.807) is 6.07 Å². The third-order valence-electron chi connectivity index (χ3n) is 1.72. The van der Waals surface area contributed by atoms with Gasteiger partial charge in [0.2, 0.25) is 0 Å². The van der Waals surface area contributed by atoms with Gasteiger partial charge in [0.15, 0.2) is 5.76 Å². The molecule has 2 rings (SSSR count). The van der Waals surface area contributed by atoms with Crippen molar-refractivity contribution >= 4 is 12.2 Å². The summed E-state index contributed by atoms with van der Waals surface area (Å²) >= 11 is 4.87. The van der Waals surface area contributed by atoms with Gasteiger partial charge in [-0.1, -0.05) is 18.2 Å². The monoisotopic (exact) mass is 189 g/mol. The largest absolute Gasteiger partial charge is 0.428 e. The molecule has 64 valence electrons. The van der Waals surface area contributed by atoms with Crippen LogP contribution in [0.3, 0.4) is 0 Å². The number of oxazole rings is 1. The molecule has 0 atom stereocenters. The summed E-state index contributed by atoms with van der Waals surface area (Å²) in [5, 5.41) is 0. The number of hydrogen-bond donors (Lipinski definition) is 1. The Morgan fingerprint density at radius 3 is 2.92 bits per heavy atom. The Morgan fingerprint density at radius 1 is 1.54 bits per heavy atom. The highest BCUT2D eigenvalue weighted by molar-refractivity contribution is 7.71.